The molecule has 2 saturated heterocycles. The van der Waals surface area contributed by atoms with Crippen molar-refractivity contribution < 1.29 is 9.72 Å². The maximum atomic E-state index is 12.5. The predicted octanol–water partition coefficient (Wildman–Crippen LogP) is 3.14. The van der Waals surface area contributed by atoms with Gasteiger partial charge < -0.3 is 20.9 Å². The van der Waals surface area contributed by atoms with Gasteiger partial charge in [0.15, 0.2) is 0 Å². The number of non-ortho nitro benzene ring substituents is 1. The normalized spacial score (nSPS) is 18.4. The Morgan fingerprint density at radius 1 is 1.06 bits per heavy atom. The molecule has 1 unspecified atom stereocenters. The molecular formula is C27H33N5O3. The summed E-state index contributed by atoms with van der Waals surface area (Å²) in [4.78, 5) is 27.9. The van der Waals surface area contributed by atoms with Crippen molar-refractivity contribution in [1.29, 1.82) is 0 Å². The highest BCUT2D eigenvalue weighted by Crippen LogP contribution is 2.27. The monoisotopic (exact) mass is 475 g/mol. The summed E-state index contributed by atoms with van der Waals surface area (Å²) in [5, 5.41) is 14.3. The van der Waals surface area contributed by atoms with Crippen molar-refractivity contribution in [2.75, 3.05) is 44.2 Å². The second kappa shape index (κ2) is 11.8. The minimum atomic E-state index is -0.407. The Kier molecular flexibility index (Phi) is 8.35. The predicted molar refractivity (Wildman–Crippen MR) is 138 cm³/mol. The standard InChI is InChI=1S/C27H33N5O3/c28-24-5-4-17-31(20-24)26-13-12-25(32(34)35)19-23(26)11-8-21-6-9-22(10-7-21)27(33)29-14-18-30-15-2-1-3-16-30/h6-7,9-10,12-13,19,24H,1-5,14-18,20,28H2,(H,29,33). The number of nitro benzene ring substituents is 1. The minimum absolute atomic E-state index is 0.0101. The largest absolute Gasteiger partial charge is 0.369 e. The van der Waals surface area contributed by atoms with E-state index in [0.717, 1.165) is 50.3 Å². The number of nitrogens with zero attached hydrogens (tertiary/aromatic N) is 3. The number of hydrogen-bond donors (Lipinski definition) is 2. The molecule has 0 radical (unpaired) electrons. The highest BCUT2D eigenvalue weighted by Gasteiger charge is 2.20. The van der Waals surface area contributed by atoms with E-state index in [1.165, 1.54) is 31.4 Å². The third kappa shape index (κ3) is 6.81. The zero-order valence-electron chi connectivity index (χ0n) is 20.0. The first-order chi connectivity index (χ1) is 17.0. The number of piperidine rings is 2. The van der Waals surface area contributed by atoms with E-state index in [1.54, 1.807) is 30.3 Å². The first-order valence-corrected chi connectivity index (χ1v) is 12.4. The molecule has 0 saturated carbocycles. The summed E-state index contributed by atoms with van der Waals surface area (Å²) in [6, 6.07) is 12.0. The van der Waals surface area contributed by atoms with Crippen molar-refractivity contribution in [2.45, 2.75) is 38.1 Å². The number of hydrogen-bond acceptors (Lipinski definition) is 6. The van der Waals surface area contributed by atoms with Crippen molar-refractivity contribution >= 4 is 17.3 Å². The van der Waals surface area contributed by atoms with Crippen LogP contribution in [-0.4, -0.2) is 61.0 Å². The quantitative estimate of drug-likeness (QED) is 0.378. The number of nitrogens with one attached hydrogen (secondary N) is 1. The van der Waals surface area contributed by atoms with Gasteiger partial charge in [0.05, 0.1) is 16.2 Å². The smallest absolute Gasteiger partial charge is 0.270 e. The van der Waals surface area contributed by atoms with Crippen molar-refractivity contribution in [3.05, 3.63) is 69.3 Å². The SMILES string of the molecule is NC1CCCN(c2ccc([N+](=O)[O-])cc2C#Cc2ccc(C(=O)NCCN3CCCCC3)cc2)C1. The van der Waals surface area contributed by atoms with Crippen LogP contribution in [0, 0.1) is 22.0 Å². The van der Waals surface area contributed by atoms with E-state index in [4.69, 9.17) is 5.73 Å². The topological polar surface area (TPSA) is 105 Å². The fourth-order valence-electron chi connectivity index (χ4n) is 4.70. The Bertz CT molecular complexity index is 1100. The molecule has 1 atom stereocenters. The van der Waals surface area contributed by atoms with Crippen LogP contribution in [0.25, 0.3) is 0 Å². The van der Waals surface area contributed by atoms with Gasteiger partial charge in [0.1, 0.15) is 0 Å². The van der Waals surface area contributed by atoms with Crippen LogP contribution in [0.15, 0.2) is 42.5 Å². The van der Waals surface area contributed by atoms with Crippen LogP contribution in [0.3, 0.4) is 0 Å². The van der Waals surface area contributed by atoms with Crippen LogP contribution in [0.1, 0.15) is 53.6 Å². The highest BCUT2D eigenvalue weighted by atomic mass is 16.6. The molecule has 2 aliphatic heterocycles. The molecule has 35 heavy (non-hydrogen) atoms. The maximum absolute atomic E-state index is 12.5. The molecule has 1 amide bonds. The van der Waals surface area contributed by atoms with Gasteiger partial charge in [0.2, 0.25) is 0 Å². The lowest BCUT2D eigenvalue weighted by molar-refractivity contribution is -0.384. The summed E-state index contributed by atoms with van der Waals surface area (Å²) >= 11 is 0. The van der Waals surface area contributed by atoms with Gasteiger partial charge in [-0.15, -0.1) is 0 Å². The number of benzene rings is 2. The number of likely N-dealkylation sites (tertiary alicyclic amines) is 1. The van der Waals surface area contributed by atoms with E-state index < -0.39 is 4.92 Å². The summed E-state index contributed by atoms with van der Waals surface area (Å²) < 4.78 is 0. The third-order valence-corrected chi connectivity index (χ3v) is 6.64. The number of carbonyl (C=O) groups is 1. The lowest BCUT2D eigenvalue weighted by atomic mass is 10.0. The molecule has 8 heteroatoms. The van der Waals surface area contributed by atoms with Gasteiger partial charge in [-0.05, 0) is 69.1 Å². The Balaban J connectivity index is 1.43. The molecule has 2 aromatic rings. The fourth-order valence-corrected chi connectivity index (χ4v) is 4.70. The van der Waals surface area contributed by atoms with Gasteiger partial charge in [-0.3, -0.25) is 14.9 Å². The minimum Gasteiger partial charge on any atom is -0.369 e. The molecule has 8 nitrogen and oxygen atoms in total. The molecule has 2 aliphatic rings. The Morgan fingerprint density at radius 3 is 2.54 bits per heavy atom. The molecule has 4 rings (SSSR count). The van der Waals surface area contributed by atoms with E-state index in [1.807, 2.05) is 0 Å². The molecule has 3 N–H and O–H groups in total. The van der Waals surface area contributed by atoms with Crippen LogP contribution >= 0.6 is 0 Å². The molecule has 0 aliphatic carbocycles. The van der Waals surface area contributed by atoms with Gasteiger partial charge >= 0.3 is 0 Å². The molecule has 2 fully saturated rings. The van der Waals surface area contributed by atoms with Gasteiger partial charge in [-0.2, -0.15) is 0 Å². The second-order valence-corrected chi connectivity index (χ2v) is 9.29. The first-order valence-electron chi connectivity index (χ1n) is 12.4. The number of anilines is 1. The highest BCUT2D eigenvalue weighted by molar-refractivity contribution is 5.94. The van der Waals surface area contributed by atoms with Gasteiger partial charge in [0, 0.05) is 55.5 Å². The van der Waals surface area contributed by atoms with E-state index in [-0.39, 0.29) is 17.6 Å². The molecule has 0 aromatic heterocycles. The third-order valence-electron chi connectivity index (χ3n) is 6.64. The maximum Gasteiger partial charge on any atom is 0.270 e. The molecular weight excluding hydrogens is 442 g/mol. The van der Waals surface area contributed by atoms with Gasteiger partial charge in [-0.1, -0.05) is 18.3 Å². The van der Waals surface area contributed by atoms with E-state index in [0.29, 0.717) is 24.2 Å². The molecule has 184 valence electrons. The number of nitrogens with two attached hydrogens (primary N) is 1. The number of nitro groups is 1. The Morgan fingerprint density at radius 2 is 1.83 bits per heavy atom. The average molecular weight is 476 g/mol. The van der Waals surface area contributed by atoms with Gasteiger partial charge in [0.25, 0.3) is 11.6 Å². The lowest BCUT2D eigenvalue weighted by Gasteiger charge is -2.33. The zero-order valence-corrected chi connectivity index (χ0v) is 20.0. The number of amides is 1. The zero-order chi connectivity index (χ0) is 24.6. The molecule has 2 heterocycles. The second-order valence-electron chi connectivity index (χ2n) is 9.29. The summed E-state index contributed by atoms with van der Waals surface area (Å²) in [7, 11) is 0. The Labute approximate surface area is 206 Å². The first kappa shape index (κ1) is 24.7. The lowest BCUT2D eigenvalue weighted by Crippen LogP contribution is -2.43. The van der Waals surface area contributed by atoms with Crippen LogP contribution in [-0.2, 0) is 0 Å². The van der Waals surface area contributed by atoms with Crippen molar-refractivity contribution in [3.8, 4) is 11.8 Å². The van der Waals surface area contributed by atoms with E-state index in [9.17, 15) is 14.9 Å². The number of rotatable bonds is 6. The summed E-state index contributed by atoms with van der Waals surface area (Å²) in [5.41, 5.74) is 8.95. The van der Waals surface area contributed by atoms with Crippen molar-refractivity contribution in [1.82, 2.24) is 10.2 Å². The fraction of sp³-hybridized carbons (Fsp3) is 0.444. The van der Waals surface area contributed by atoms with E-state index in [2.05, 4.69) is 27.0 Å². The molecule has 0 spiro atoms. The van der Waals surface area contributed by atoms with Gasteiger partial charge in [-0.25, -0.2) is 0 Å². The molecule has 0 bridgehead atoms. The average Bonchev–Trinajstić information content (AvgIpc) is 2.88. The van der Waals surface area contributed by atoms with Crippen LogP contribution in [0.2, 0.25) is 0 Å². The Hall–Kier alpha value is -3.41. The van der Waals surface area contributed by atoms with Crippen molar-refractivity contribution in [2.24, 2.45) is 5.73 Å². The van der Waals surface area contributed by atoms with Crippen molar-refractivity contribution in [3.63, 3.8) is 0 Å². The van der Waals surface area contributed by atoms with Crippen LogP contribution in [0.5, 0.6) is 0 Å². The van der Waals surface area contributed by atoms with Crippen LogP contribution < -0.4 is 16.0 Å². The van der Waals surface area contributed by atoms with Crippen LogP contribution in [0.4, 0.5) is 11.4 Å². The number of carbonyl (C=O) groups excluding carboxylic acids is 1. The summed E-state index contributed by atoms with van der Waals surface area (Å²) in [6.45, 7) is 5.29. The van der Waals surface area contributed by atoms with E-state index >= 15 is 0 Å². The summed E-state index contributed by atoms with van der Waals surface area (Å²) in [6.07, 6.45) is 5.72. The summed E-state index contributed by atoms with van der Waals surface area (Å²) in [5.74, 6) is 6.12. The molecule has 2 aromatic carbocycles.